The average molecular weight is 358 g/mol. The Hall–Kier alpha value is -1.95. The van der Waals surface area contributed by atoms with Gasteiger partial charge in [0.15, 0.2) is 0 Å². The summed E-state index contributed by atoms with van der Waals surface area (Å²) in [6, 6.07) is 8.35. The number of carbonyl (C=O) groups excluding carboxylic acids is 1. The number of nitro groups is 1. The molecule has 0 radical (unpaired) electrons. The maximum absolute atomic E-state index is 12.6. The molecule has 1 aromatic rings. The molecule has 4 rings (SSSR count). The van der Waals surface area contributed by atoms with Crippen LogP contribution in [-0.2, 0) is 0 Å². The van der Waals surface area contributed by atoms with Gasteiger partial charge in [0.2, 0.25) is 0 Å². The van der Waals surface area contributed by atoms with Gasteiger partial charge in [0.1, 0.15) is 0 Å². The summed E-state index contributed by atoms with van der Waals surface area (Å²) in [6.07, 6.45) is 11.6. The first-order valence-corrected chi connectivity index (χ1v) is 10.0. The zero-order valence-electron chi connectivity index (χ0n) is 15.2. The van der Waals surface area contributed by atoms with Gasteiger partial charge in [-0.25, -0.2) is 0 Å². The number of carbonyl (C=O) groups is 1. The van der Waals surface area contributed by atoms with Gasteiger partial charge in [-0.3, -0.25) is 14.9 Å². The molecular weight excluding hydrogens is 330 g/mol. The Morgan fingerprint density at radius 2 is 1.54 bits per heavy atom. The van der Waals surface area contributed by atoms with E-state index in [1.54, 1.807) is 12.1 Å². The molecule has 0 unspecified atom stereocenters. The van der Waals surface area contributed by atoms with E-state index < -0.39 is 4.92 Å². The molecule has 0 aromatic heterocycles. The molecule has 2 aliphatic heterocycles. The summed E-state index contributed by atoms with van der Waals surface area (Å²) in [5.41, 5.74) is 0.524. The van der Waals surface area contributed by atoms with E-state index in [4.69, 9.17) is 0 Å². The smallest absolute Gasteiger partial charge is 0.269 e. The fraction of sp³-hybridized carbons (Fsp3) is 0.650. The molecule has 140 valence electrons. The zero-order valence-corrected chi connectivity index (χ0v) is 15.2. The SMILES string of the molecule is O=C(NC1C[C@H]2CCC[C@H](C1)[NH+]2C1CCCC1)c1ccc([N+](=O)[O-])cc1. The Balaban J connectivity index is 1.40. The molecule has 2 saturated heterocycles. The first kappa shape index (κ1) is 17.5. The van der Waals surface area contributed by atoms with Gasteiger partial charge >= 0.3 is 0 Å². The number of non-ortho nitro benzene ring substituents is 1. The third kappa shape index (κ3) is 3.47. The molecule has 6 heteroatoms. The number of rotatable bonds is 4. The van der Waals surface area contributed by atoms with Crippen LogP contribution in [0.25, 0.3) is 0 Å². The Labute approximate surface area is 154 Å². The van der Waals surface area contributed by atoms with Crippen LogP contribution in [0.5, 0.6) is 0 Å². The van der Waals surface area contributed by atoms with Crippen molar-refractivity contribution in [2.75, 3.05) is 0 Å². The minimum absolute atomic E-state index is 0.0181. The van der Waals surface area contributed by atoms with Crippen molar-refractivity contribution >= 4 is 11.6 Å². The molecular formula is C20H28N3O3+. The van der Waals surface area contributed by atoms with E-state index in [0.717, 1.165) is 18.9 Å². The van der Waals surface area contributed by atoms with Crippen LogP contribution in [0.2, 0.25) is 0 Å². The van der Waals surface area contributed by atoms with Crippen molar-refractivity contribution in [2.45, 2.75) is 82.0 Å². The summed E-state index contributed by atoms with van der Waals surface area (Å²) >= 11 is 0. The van der Waals surface area contributed by atoms with Crippen molar-refractivity contribution < 1.29 is 14.6 Å². The molecule has 1 aliphatic carbocycles. The van der Waals surface area contributed by atoms with E-state index in [1.165, 1.54) is 57.1 Å². The van der Waals surface area contributed by atoms with E-state index in [0.29, 0.717) is 17.6 Å². The predicted molar refractivity (Wildman–Crippen MR) is 98.2 cm³/mol. The molecule has 1 amide bonds. The number of fused-ring (bicyclic) bond motifs is 2. The van der Waals surface area contributed by atoms with Crippen LogP contribution in [0, 0.1) is 10.1 Å². The molecule has 1 aromatic carbocycles. The lowest BCUT2D eigenvalue weighted by atomic mass is 9.80. The number of hydrogen-bond acceptors (Lipinski definition) is 3. The number of quaternary nitrogens is 1. The predicted octanol–water partition coefficient (Wildman–Crippen LogP) is 2.24. The van der Waals surface area contributed by atoms with Crippen molar-refractivity contribution in [3.63, 3.8) is 0 Å². The number of benzene rings is 1. The molecule has 26 heavy (non-hydrogen) atoms. The van der Waals surface area contributed by atoms with Crippen molar-refractivity contribution in [2.24, 2.45) is 0 Å². The van der Waals surface area contributed by atoms with Crippen molar-refractivity contribution in [1.82, 2.24) is 5.32 Å². The Morgan fingerprint density at radius 3 is 2.12 bits per heavy atom. The molecule has 6 nitrogen and oxygen atoms in total. The second-order valence-corrected chi connectivity index (χ2v) is 8.25. The third-order valence-corrected chi connectivity index (χ3v) is 6.69. The molecule has 3 fully saturated rings. The van der Waals surface area contributed by atoms with Gasteiger partial charge in [-0.1, -0.05) is 0 Å². The zero-order chi connectivity index (χ0) is 18.1. The van der Waals surface area contributed by atoms with E-state index in [1.807, 2.05) is 4.90 Å². The van der Waals surface area contributed by atoms with Crippen LogP contribution in [-0.4, -0.2) is 35.0 Å². The molecule has 3 aliphatic rings. The summed E-state index contributed by atoms with van der Waals surface area (Å²) < 4.78 is 0. The average Bonchev–Trinajstić information content (AvgIpc) is 3.15. The number of nitro benzene ring substituents is 1. The topological polar surface area (TPSA) is 76.7 Å². The number of nitrogens with zero attached hydrogens (tertiary/aromatic N) is 1. The largest absolute Gasteiger partial charge is 0.349 e. The van der Waals surface area contributed by atoms with Gasteiger partial charge in [0.25, 0.3) is 11.6 Å². The summed E-state index contributed by atoms with van der Waals surface area (Å²) in [7, 11) is 0. The van der Waals surface area contributed by atoms with Crippen LogP contribution >= 0.6 is 0 Å². The number of piperidine rings is 2. The molecule has 2 atom stereocenters. The summed E-state index contributed by atoms with van der Waals surface area (Å²) in [6.45, 7) is 0. The quantitative estimate of drug-likeness (QED) is 0.640. The highest BCUT2D eigenvalue weighted by molar-refractivity contribution is 5.94. The van der Waals surface area contributed by atoms with Gasteiger partial charge in [-0.05, 0) is 57.1 Å². The summed E-state index contributed by atoms with van der Waals surface area (Å²) in [5.74, 6) is -0.104. The van der Waals surface area contributed by atoms with Crippen molar-refractivity contribution in [3.05, 3.63) is 39.9 Å². The molecule has 2 bridgehead atoms. The Morgan fingerprint density at radius 1 is 0.962 bits per heavy atom. The lowest BCUT2D eigenvalue weighted by molar-refractivity contribution is -0.982. The fourth-order valence-electron chi connectivity index (χ4n) is 5.62. The van der Waals surface area contributed by atoms with Crippen LogP contribution in [0.3, 0.4) is 0 Å². The maximum atomic E-state index is 12.6. The van der Waals surface area contributed by atoms with Crippen LogP contribution in [0.15, 0.2) is 24.3 Å². The van der Waals surface area contributed by atoms with Crippen LogP contribution in [0.4, 0.5) is 5.69 Å². The second-order valence-electron chi connectivity index (χ2n) is 8.25. The highest BCUT2D eigenvalue weighted by atomic mass is 16.6. The maximum Gasteiger partial charge on any atom is 0.269 e. The van der Waals surface area contributed by atoms with E-state index in [-0.39, 0.29) is 17.6 Å². The van der Waals surface area contributed by atoms with Crippen molar-refractivity contribution in [1.29, 1.82) is 0 Å². The van der Waals surface area contributed by atoms with Gasteiger partial charge in [0, 0.05) is 36.6 Å². The first-order valence-electron chi connectivity index (χ1n) is 10.0. The molecule has 2 heterocycles. The minimum atomic E-state index is -0.440. The number of amides is 1. The standard InChI is InChI=1S/C20H27N3O3/c24-20(14-8-10-17(11-9-14)23(25)26)21-15-12-18-6-3-7-19(13-15)22(18)16-4-1-2-5-16/h8-11,15-16,18-19H,1-7,12-13H2,(H,21,24)/p+1/t18-,19-/m1/s1. The summed E-state index contributed by atoms with van der Waals surface area (Å²) in [5, 5.41) is 14.0. The van der Waals surface area contributed by atoms with E-state index in [2.05, 4.69) is 5.32 Å². The monoisotopic (exact) mass is 358 g/mol. The van der Waals surface area contributed by atoms with Gasteiger partial charge < -0.3 is 10.2 Å². The van der Waals surface area contributed by atoms with E-state index in [9.17, 15) is 14.9 Å². The second kappa shape index (κ2) is 7.35. The normalized spacial score (nSPS) is 31.5. The minimum Gasteiger partial charge on any atom is -0.349 e. The van der Waals surface area contributed by atoms with Crippen LogP contribution < -0.4 is 10.2 Å². The summed E-state index contributed by atoms with van der Waals surface area (Å²) in [4.78, 5) is 24.7. The Bertz CT molecular complexity index is 655. The highest BCUT2D eigenvalue weighted by Gasteiger charge is 2.46. The molecule has 1 saturated carbocycles. The van der Waals surface area contributed by atoms with E-state index >= 15 is 0 Å². The molecule has 2 N–H and O–H groups in total. The van der Waals surface area contributed by atoms with Gasteiger partial charge in [-0.15, -0.1) is 0 Å². The highest BCUT2D eigenvalue weighted by Crippen LogP contribution is 2.26. The molecule has 0 spiro atoms. The third-order valence-electron chi connectivity index (χ3n) is 6.69. The first-order chi connectivity index (χ1) is 12.6. The Kier molecular flexibility index (Phi) is 4.94. The fourth-order valence-corrected chi connectivity index (χ4v) is 5.62. The van der Waals surface area contributed by atoms with Crippen molar-refractivity contribution in [3.8, 4) is 0 Å². The lowest BCUT2D eigenvalue weighted by Gasteiger charge is -2.48. The number of nitrogens with one attached hydrogen (secondary N) is 2. The van der Waals surface area contributed by atoms with Gasteiger partial charge in [-0.2, -0.15) is 0 Å². The number of hydrogen-bond donors (Lipinski definition) is 2. The van der Waals surface area contributed by atoms with Gasteiger partial charge in [0.05, 0.1) is 23.0 Å². The lowest BCUT2D eigenvalue weighted by Crippen LogP contribution is -3.24. The van der Waals surface area contributed by atoms with Crippen LogP contribution in [0.1, 0.15) is 68.1 Å².